The summed E-state index contributed by atoms with van der Waals surface area (Å²) in [6.45, 7) is 1.91. The predicted octanol–water partition coefficient (Wildman–Crippen LogP) is 1.21. The molecular formula is C10H10N4O2. The van der Waals surface area contributed by atoms with E-state index in [1.54, 1.807) is 12.1 Å². The van der Waals surface area contributed by atoms with Crippen molar-refractivity contribution in [1.82, 2.24) is 10.3 Å². The minimum Gasteiger partial charge on any atom is -0.397 e. The van der Waals surface area contributed by atoms with Gasteiger partial charge in [0, 0.05) is 0 Å². The predicted molar refractivity (Wildman–Crippen MR) is 57.8 cm³/mol. The van der Waals surface area contributed by atoms with Crippen LogP contribution >= 0.6 is 0 Å². The van der Waals surface area contributed by atoms with Crippen molar-refractivity contribution in [3.8, 4) is 0 Å². The van der Waals surface area contributed by atoms with Gasteiger partial charge in [0.05, 0.1) is 11.4 Å². The van der Waals surface area contributed by atoms with Crippen LogP contribution in [0.4, 0.5) is 11.4 Å². The van der Waals surface area contributed by atoms with Crippen LogP contribution in [-0.2, 0) is 0 Å². The molecule has 2 rings (SSSR count). The van der Waals surface area contributed by atoms with Crippen molar-refractivity contribution < 1.29 is 9.42 Å². The highest BCUT2D eigenvalue weighted by atomic mass is 16.6. The van der Waals surface area contributed by atoms with Gasteiger partial charge in [0.2, 0.25) is 0 Å². The fraction of sp³-hybridized carbons (Fsp3) is 0.100. The van der Waals surface area contributed by atoms with Gasteiger partial charge in [-0.15, -0.1) is 0 Å². The number of aryl methyl sites for hydroxylation is 1. The molecule has 0 fully saturated rings. The summed E-state index contributed by atoms with van der Waals surface area (Å²) in [6.07, 6.45) is 1.24. The summed E-state index contributed by atoms with van der Waals surface area (Å²) in [5.74, 6) is -0.404. The Labute approximate surface area is 91.4 Å². The van der Waals surface area contributed by atoms with E-state index in [0.29, 0.717) is 11.4 Å². The van der Waals surface area contributed by atoms with Crippen LogP contribution in [0.5, 0.6) is 0 Å². The van der Waals surface area contributed by atoms with E-state index in [-0.39, 0.29) is 5.69 Å². The number of hydrogen-bond acceptors (Lipinski definition) is 5. The molecule has 1 amide bonds. The average molecular weight is 218 g/mol. The lowest BCUT2D eigenvalue weighted by molar-refractivity contribution is 0.101. The molecular weight excluding hydrogens is 208 g/mol. The number of carbonyl (C=O) groups is 1. The Morgan fingerprint density at radius 3 is 3.00 bits per heavy atom. The highest BCUT2D eigenvalue weighted by Crippen LogP contribution is 2.19. The molecule has 0 saturated carbocycles. The number of anilines is 2. The number of nitrogens with one attached hydrogen (secondary N) is 1. The van der Waals surface area contributed by atoms with Crippen LogP contribution in [0.3, 0.4) is 0 Å². The second kappa shape index (κ2) is 4.01. The van der Waals surface area contributed by atoms with E-state index in [1.807, 2.05) is 13.0 Å². The van der Waals surface area contributed by atoms with Gasteiger partial charge in [-0.1, -0.05) is 11.2 Å². The van der Waals surface area contributed by atoms with E-state index in [2.05, 4.69) is 20.3 Å². The molecule has 0 bridgehead atoms. The van der Waals surface area contributed by atoms with Crippen molar-refractivity contribution >= 4 is 17.3 Å². The molecule has 1 aromatic carbocycles. The number of rotatable bonds is 2. The van der Waals surface area contributed by atoms with Gasteiger partial charge in [-0.3, -0.25) is 4.79 Å². The number of nitrogens with two attached hydrogens (primary N) is 1. The minimum absolute atomic E-state index is 0.112. The number of aromatic nitrogens is 2. The van der Waals surface area contributed by atoms with Crippen LogP contribution in [0, 0.1) is 6.92 Å². The van der Waals surface area contributed by atoms with Gasteiger partial charge in [0.15, 0.2) is 5.69 Å². The molecule has 0 aliphatic rings. The quantitative estimate of drug-likeness (QED) is 0.739. The van der Waals surface area contributed by atoms with Crippen LogP contribution in [-0.4, -0.2) is 16.2 Å². The Morgan fingerprint density at radius 1 is 1.50 bits per heavy atom. The molecule has 0 aliphatic heterocycles. The summed E-state index contributed by atoms with van der Waals surface area (Å²) >= 11 is 0. The number of amides is 1. The smallest absolute Gasteiger partial charge is 0.279 e. The molecule has 0 aliphatic carbocycles. The van der Waals surface area contributed by atoms with Gasteiger partial charge in [0.1, 0.15) is 6.20 Å². The molecule has 0 unspecified atom stereocenters. The van der Waals surface area contributed by atoms with Crippen LogP contribution < -0.4 is 11.1 Å². The van der Waals surface area contributed by atoms with Crippen molar-refractivity contribution in [3.63, 3.8) is 0 Å². The van der Waals surface area contributed by atoms with Crippen molar-refractivity contribution in [3.05, 3.63) is 35.7 Å². The first-order valence-corrected chi connectivity index (χ1v) is 4.62. The highest BCUT2D eigenvalue weighted by Gasteiger charge is 2.11. The van der Waals surface area contributed by atoms with Gasteiger partial charge < -0.3 is 11.1 Å². The third-order valence-corrected chi connectivity index (χ3v) is 2.05. The van der Waals surface area contributed by atoms with E-state index in [0.717, 1.165) is 5.56 Å². The number of nitrogen functional groups attached to an aromatic ring is 1. The molecule has 3 N–H and O–H groups in total. The molecule has 82 valence electrons. The largest absolute Gasteiger partial charge is 0.397 e. The zero-order valence-electron chi connectivity index (χ0n) is 8.60. The van der Waals surface area contributed by atoms with Crippen molar-refractivity contribution in [2.45, 2.75) is 6.92 Å². The van der Waals surface area contributed by atoms with E-state index in [4.69, 9.17) is 5.73 Å². The fourth-order valence-corrected chi connectivity index (χ4v) is 1.23. The third kappa shape index (κ3) is 2.00. The zero-order valence-corrected chi connectivity index (χ0v) is 8.60. The van der Waals surface area contributed by atoms with Gasteiger partial charge in [-0.25, -0.2) is 4.63 Å². The molecule has 6 nitrogen and oxygen atoms in total. The minimum atomic E-state index is -0.404. The van der Waals surface area contributed by atoms with E-state index < -0.39 is 5.91 Å². The monoisotopic (exact) mass is 218 g/mol. The average Bonchev–Trinajstić information content (AvgIpc) is 2.76. The van der Waals surface area contributed by atoms with E-state index in [9.17, 15) is 4.79 Å². The van der Waals surface area contributed by atoms with Crippen molar-refractivity contribution in [2.75, 3.05) is 11.1 Å². The third-order valence-electron chi connectivity index (χ3n) is 2.05. The highest BCUT2D eigenvalue weighted by molar-refractivity contribution is 6.04. The summed E-state index contributed by atoms with van der Waals surface area (Å²) in [5, 5.41) is 9.40. The van der Waals surface area contributed by atoms with E-state index >= 15 is 0 Å². The van der Waals surface area contributed by atoms with Crippen molar-refractivity contribution in [2.24, 2.45) is 0 Å². The Kier molecular flexibility index (Phi) is 2.55. The Morgan fingerprint density at radius 2 is 2.31 bits per heavy atom. The van der Waals surface area contributed by atoms with Gasteiger partial charge >= 0.3 is 0 Å². The fourth-order valence-electron chi connectivity index (χ4n) is 1.23. The Balaban J connectivity index is 2.21. The molecule has 2 aromatic rings. The maximum absolute atomic E-state index is 11.6. The van der Waals surface area contributed by atoms with Crippen molar-refractivity contribution in [1.29, 1.82) is 0 Å². The molecule has 0 spiro atoms. The Hall–Kier alpha value is -2.37. The summed E-state index contributed by atoms with van der Waals surface area (Å²) in [6, 6.07) is 5.37. The molecule has 0 atom stereocenters. The van der Waals surface area contributed by atoms with Gasteiger partial charge in [-0.2, -0.15) is 0 Å². The maximum atomic E-state index is 11.6. The SMILES string of the molecule is Cc1ccc(N)c(NC(=O)c2cnon2)c1. The summed E-state index contributed by atoms with van der Waals surface area (Å²) in [4.78, 5) is 11.6. The topological polar surface area (TPSA) is 94.0 Å². The number of hydrogen-bond donors (Lipinski definition) is 2. The first-order chi connectivity index (χ1) is 7.66. The van der Waals surface area contributed by atoms with Gasteiger partial charge in [0.25, 0.3) is 5.91 Å². The second-order valence-corrected chi connectivity index (χ2v) is 3.34. The molecule has 0 radical (unpaired) electrons. The summed E-state index contributed by atoms with van der Waals surface area (Å²) in [5.41, 5.74) is 7.88. The number of carbonyl (C=O) groups excluding carboxylic acids is 1. The normalized spacial score (nSPS) is 10.1. The number of nitrogens with zero attached hydrogens (tertiary/aromatic N) is 2. The lowest BCUT2D eigenvalue weighted by Gasteiger charge is -2.07. The van der Waals surface area contributed by atoms with Crippen LogP contribution in [0.2, 0.25) is 0 Å². The van der Waals surface area contributed by atoms with Crippen LogP contribution in [0.15, 0.2) is 29.0 Å². The second-order valence-electron chi connectivity index (χ2n) is 3.34. The Bertz CT molecular complexity index is 508. The molecule has 1 heterocycles. The van der Waals surface area contributed by atoms with Crippen LogP contribution in [0.25, 0.3) is 0 Å². The molecule has 1 aromatic heterocycles. The van der Waals surface area contributed by atoms with Gasteiger partial charge in [-0.05, 0) is 29.8 Å². The lowest BCUT2D eigenvalue weighted by atomic mass is 10.2. The molecule has 6 heteroatoms. The number of benzene rings is 1. The summed E-state index contributed by atoms with van der Waals surface area (Å²) in [7, 11) is 0. The maximum Gasteiger partial charge on any atom is 0.279 e. The van der Waals surface area contributed by atoms with E-state index in [1.165, 1.54) is 6.20 Å². The lowest BCUT2D eigenvalue weighted by Crippen LogP contribution is -2.13. The standard InChI is InChI=1S/C10H10N4O2/c1-6-2-3-7(11)8(4-6)13-10(15)9-5-12-16-14-9/h2-5H,11H2,1H3,(H,13,15). The first-order valence-electron chi connectivity index (χ1n) is 4.62. The summed E-state index contributed by atoms with van der Waals surface area (Å²) < 4.78 is 4.34. The molecule has 0 saturated heterocycles. The molecule has 16 heavy (non-hydrogen) atoms. The zero-order chi connectivity index (χ0) is 11.5. The van der Waals surface area contributed by atoms with Crippen LogP contribution in [0.1, 0.15) is 16.1 Å². The first kappa shape index (κ1) is 10.2.